The molecular formula is C39H39N7O2. The van der Waals surface area contributed by atoms with Crippen molar-refractivity contribution < 1.29 is 9.52 Å². The number of oxazole rings is 1. The number of aliphatic hydroxyl groups excluding tert-OH is 1. The van der Waals surface area contributed by atoms with Gasteiger partial charge in [-0.15, -0.1) is 0 Å². The minimum atomic E-state index is -0.402. The molecule has 0 unspecified atom stereocenters. The molecule has 3 aromatic carbocycles. The number of pyridine rings is 2. The normalized spacial score (nSPS) is 14.1. The molecule has 1 fully saturated rings. The molecule has 242 valence electrons. The van der Waals surface area contributed by atoms with Crippen LogP contribution in [0.2, 0.25) is 0 Å². The maximum Gasteiger partial charge on any atom is 0.227 e. The van der Waals surface area contributed by atoms with Crippen LogP contribution in [0.1, 0.15) is 47.6 Å². The Kier molecular flexibility index (Phi) is 8.87. The summed E-state index contributed by atoms with van der Waals surface area (Å²) in [6.07, 6.45) is 5.68. The van der Waals surface area contributed by atoms with Gasteiger partial charge in [-0.2, -0.15) is 5.26 Å². The van der Waals surface area contributed by atoms with Crippen molar-refractivity contribution in [3.05, 3.63) is 101 Å². The Balaban J connectivity index is 1.18. The van der Waals surface area contributed by atoms with Gasteiger partial charge >= 0.3 is 0 Å². The van der Waals surface area contributed by atoms with E-state index in [1.807, 2.05) is 36.5 Å². The van der Waals surface area contributed by atoms with Crippen LogP contribution in [0.3, 0.4) is 0 Å². The number of aliphatic hydroxyl groups is 1. The van der Waals surface area contributed by atoms with Gasteiger partial charge in [0, 0.05) is 48.7 Å². The van der Waals surface area contributed by atoms with Gasteiger partial charge in [-0.1, -0.05) is 24.3 Å². The second-order valence-electron chi connectivity index (χ2n) is 12.7. The molecule has 0 bridgehead atoms. The summed E-state index contributed by atoms with van der Waals surface area (Å²) in [4.78, 5) is 16.7. The molecule has 0 saturated carbocycles. The number of hydrogen-bond acceptors (Lipinski definition) is 9. The minimum absolute atomic E-state index is 0.402. The van der Waals surface area contributed by atoms with E-state index in [0.29, 0.717) is 41.5 Å². The molecule has 3 N–H and O–H groups in total. The monoisotopic (exact) mass is 637 g/mol. The molecule has 0 aliphatic carbocycles. The molecule has 4 heterocycles. The Morgan fingerprint density at radius 3 is 2.52 bits per heavy atom. The first-order valence-electron chi connectivity index (χ1n) is 16.5. The van der Waals surface area contributed by atoms with Gasteiger partial charge < -0.3 is 20.2 Å². The van der Waals surface area contributed by atoms with Gasteiger partial charge in [0.1, 0.15) is 17.1 Å². The van der Waals surface area contributed by atoms with Crippen LogP contribution in [0, 0.1) is 25.2 Å². The lowest BCUT2D eigenvalue weighted by Crippen LogP contribution is -2.23. The first-order valence-corrected chi connectivity index (χ1v) is 16.5. The van der Waals surface area contributed by atoms with Gasteiger partial charge in [0.2, 0.25) is 5.89 Å². The fraction of sp³-hybridized carbons (Fsp3) is 0.282. The summed E-state index contributed by atoms with van der Waals surface area (Å²) in [5.41, 5.74) is 10.8. The van der Waals surface area contributed by atoms with Gasteiger partial charge in [-0.3, -0.25) is 9.88 Å². The first-order chi connectivity index (χ1) is 23.4. The number of hydrogen-bond donors (Lipinski definition) is 3. The summed E-state index contributed by atoms with van der Waals surface area (Å²) in [5, 5.41) is 27.3. The standard InChI is InChI=1S/C39H39N7O2/c1-24(47)20-41-21-28-17-29-12-13-42-38(36(29)43-22-28)44-34-11-7-9-32(26(34)3)31-8-6-10-33(25(31)2)39-45-35-18-27(23-46-14-4-5-15-46)16-30(19-40)37(35)48-39/h6-13,16-18,22,24,41,47H,4-5,14-15,20-21,23H2,1-3H3,(H,42,44)/t24-/m1/s1. The van der Waals surface area contributed by atoms with E-state index >= 15 is 0 Å². The topological polar surface area (TPSA) is 123 Å². The highest BCUT2D eigenvalue weighted by atomic mass is 16.3. The van der Waals surface area contributed by atoms with Gasteiger partial charge in [0.05, 0.1) is 11.7 Å². The van der Waals surface area contributed by atoms with Crippen molar-refractivity contribution in [2.24, 2.45) is 0 Å². The fourth-order valence-corrected chi connectivity index (χ4v) is 6.65. The molecular weight excluding hydrogens is 598 g/mol. The lowest BCUT2D eigenvalue weighted by molar-refractivity contribution is 0.191. The lowest BCUT2D eigenvalue weighted by Gasteiger charge is -2.16. The van der Waals surface area contributed by atoms with Crippen LogP contribution in [-0.4, -0.2) is 50.7 Å². The van der Waals surface area contributed by atoms with Crippen molar-refractivity contribution >= 4 is 33.5 Å². The third kappa shape index (κ3) is 6.38. The summed E-state index contributed by atoms with van der Waals surface area (Å²) in [6.45, 7) is 10.1. The number of nitriles is 1. The number of anilines is 2. The third-order valence-corrected chi connectivity index (χ3v) is 9.14. The molecule has 1 aliphatic heterocycles. The lowest BCUT2D eigenvalue weighted by atomic mass is 9.93. The van der Waals surface area contributed by atoms with E-state index in [4.69, 9.17) is 14.4 Å². The molecule has 6 aromatic rings. The quantitative estimate of drug-likeness (QED) is 0.141. The van der Waals surface area contributed by atoms with Crippen LogP contribution >= 0.6 is 0 Å². The van der Waals surface area contributed by atoms with Crippen LogP contribution in [0.5, 0.6) is 0 Å². The summed E-state index contributed by atoms with van der Waals surface area (Å²) in [6, 6.07) is 22.8. The van der Waals surface area contributed by atoms with Crippen LogP contribution in [0.4, 0.5) is 11.5 Å². The highest BCUT2D eigenvalue weighted by Gasteiger charge is 2.20. The number of nitrogens with zero attached hydrogens (tertiary/aromatic N) is 5. The molecule has 3 aromatic heterocycles. The second kappa shape index (κ2) is 13.5. The molecule has 0 amide bonds. The number of likely N-dealkylation sites (tertiary alicyclic amines) is 1. The predicted octanol–water partition coefficient (Wildman–Crippen LogP) is 7.40. The average Bonchev–Trinajstić information content (AvgIpc) is 3.76. The fourth-order valence-electron chi connectivity index (χ4n) is 6.65. The zero-order valence-corrected chi connectivity index (χ0v) is 27.5. The van der Waals surface area contributed by atoms with E-state index in [1.54, 1.807) is 13.1 Å². The van der Waals surface area contributed by atoms with E-state index in [2.05, 4.69) is 70.8 Å². The van der Waals surface area contributed by atoms with E-state index in [9.17, 15) is 10.4 Å². The average molecular weight is 638 g/mol. The molecule has 1 aliphatic rings. The molecule has 48 heavy (non-hydrogen) atoms. The van der Waals surface area contributed by atoms with Crippen molar-refractivity contribution in [3.8, 4) is 28.7 Å². The summed E-state index contributed by atoms with van der Waals surface area (Å²) < 4.78 is 6.30. The Labute approximate surface area is 280 Å². The number of rotatable bonds is 10. The SMILES string of the molecule is Cc1c(Nc2nccc3cc(CNC[C@@H](C)O)cnc23)cccc1-c1cccc(-c2nc3cc(CN4CCCC4)cc(C#N)c3o2)c1C. The largest absolute Gasteiger partial charge is 0.435 e. The van der Waals surface area contributed by atoms with E-state index in [0.717, 1.165) is 75.2 Å². The van der Waals surface area contributed by atoms with Crippen LogP contribution in [0.15, 0.2) is 77.5 Å². The van der Waals surface area contributed by atoms with Crippen LogP contribution in [-0.2, 0) is 13.1 Å². The molecule has 7 rings (SSSR count). The summed E-state index contributed by atoms with van der Waals surface area (Å²) in [5.74, 6) is 1.20. The van der Waals surface area contributed by atoms with Gasteiger partial charge in [-0.25, -0.2) is 9.97 Å². The van der Waals surface area contributed by atoms with Crippen molar-refractivity contribution in [1.29, 1.82) is 5.26 Å². The Morgan fingerprint density at radius 2 is 1.73 bits per heavy atom. The Bertz CT molecular complexity index is 2160. The molecule has 9 heteroatoms. The van der Waals surface area contributed by atoms with Crippen molar-refractivity contribution in [2.75, 3.05) is 25.0 Å². The molecule has 1 atom stereocenters. The summed E-state index contributed by atoms with van der Waals surface area (Å²) >= 11 is 0. The summed E-state index contributed by atoms with van der Waals surface area (Å²) in [7, 11) is 0. The number of aromatic nitrogens is 3. The van der Waals surface area contributed by atoms with Gasteiger partial charge in [0.15, 0.2) is 11.4 Å². The van der Waals surface area contributed by atoms with Crippen LogP contribution < -0.4 is 10.6 Å². The minimum Gasteiger partial charge on any atom is -0.435 e. The van der Waals surface area contributed by atoms with Crippen LogP contribution in [0.25, 0.3) is 44.6 Å². The van der Waals surface area contributed by atoms with Gasteiger partial charge in [-0.05, 0) is 116 Å². The molecule has 1 saturated heterocycles. The highest BCUT2D eigenvalue weighted by molar-refractivity contribution is 5.91. The number of benzene rings is 3. The third-order valence-electron chi connectivity index (χ3n) is 9.14. The second-order valence-corrected chi connectivity index (χ2v) is 12.7. The maximum atomic E-state index is 9.95. The first kappa shape index (κ1) is 31.5. The number of fused-ring (bicyclic) bond motifs is 2. The van der Waals surface area contributed by atoms with Crippen molar-refractivity contribution in [3.63, 3.8) is 0 Å². The zero-order valence-electron chi connectivity index (χ0n) is 27.5. The van der Waals surface area contributed by atoms with Gasteiger partial charge in [0.25, 0.3) is 0 Å². The Hall–Kier alpha value is -5.14. The maximum absolute atomic E-state index is 9.95. The van der Waals surface area contributed by atoms with E-state index in [1.165, 1.54) is 12.8 Å². The highest BCUT2D eigenvalue weighted by Crippen LogP contribution is 2.37. The molecule has 0 radical (unpaired) electrons. The smallest absolute Gasteiger partial charge is 0.227 e. The Morgan fingerprint density at radius 1 is 0.958 bits per heavy atom. The van der Waals surface area contributed by atoms with E-state index < -0.39 is 6.10 Å². The zero-order chi connectivity index (χ0) is 33.2. The van der Waals surface area contributed by atoms with E-state index in [-0.39, 0.29) is 0 Å². The molecule has 9 nitrogen and oxygen atoms in total. The van der Waals surface area contributed by atoms with Crippen molar-refractivity contribution in [1.82, 2.24) is 25.2 Å². The number of nitrogens with one attached hydrogen (secondary N) is 2. The predicted molar refractivity (Wildman–Crippen MR) is 190 cm³/mol. The van der Waals surface area contributed by atoms with Crippen molar-refractivity contribution in [2.45, 2.75) is 52.8 Å². The molecule has 0 spiro atoms.